The molecule has 1 nitrogen and oxygen atoms in total. The van der Waals surface area contributed by atoms with Crippen molar-refractivity contribution in [3.63, 3.8) is 0 Å². The molecule has 15 heavy (non-hydrogen) atoms. The molecule has 88 valence electrons. The van der Waals surface area contributed by atoms with Gasteiger partial charge < -0.3 is 5.32 Å². The van der Waals surface area contributed by atoms with Crippen molar-refractivity contribution in [3.8, 4) is 0 Å². The van der Waals surface area contributed by atoms with Crippen molar-refractivity contribution >= 4 is 0 Å². The lowest BCUT2D eigenvalue weighted by molar-refractivity contribution is 0.201. The molecule has 1 heteroatoms. The highest BCUT2D eigenvalue weighted by atomic mass is 15.0. The summed E-state index contributed by atoms with van der Waals surface area (Å²) in [7, 11) is 0. The van der Waals surface area contributed by atoms with Gasteiger partial charge in [-0.1, -0.05) is 38.5 Å². The summed E-state index contributed by atoms with van der Waals surface area (Å²) >= 11 is 0. The molecule has 0 aromatic rings. The molecule has 0 spiro atoms. The second-order valence-corrected chi connectivity index (χ2v) is 5.84. The smallest absolute Gasteiger partial charge is 0.0181 e. The average molecular weight is 209 g/mol. The summed E-state index contributed by atoms with van der Waals surface area (Å²) in [6.07, 6.45) is 14.5. The van der Waals surface area contributed by atoms with Gasteiger partial charge in [0.1, 0.15) is 0 Å². The lowest BCUT2D eigenvalue weighted by atomic mass is 9.77. The molecule has 0 aromatic heterocycles. The highest BCUT2D eigenvalue weighted by Gasteiger charge is 2.33. The van der Waals surface area contributed by atoms with Crippen LogP contribution in [0.5, 0.6) is 0 Å². The zero-order valence-corrected chi connectivity index (χ0v) is 10.4. The molecular weight excluding hydrogens is 182 g/mol. The van der Waals surface area contributed by atoms with Crippen LogP contribution < -0.4 is 5.32 Å². The first-order valence-electron chi connectivity index (χ1n) is 7.06. The van der Waals surface area contributed by atoms with E-state index in [1.165, 1.54) is 70.8 Å². The van der Waals surface area contributed by atoms with Crippen LogP contribution in [0.1, 0.15) is 71.1 Å². The zero-order chi connectivity index (χ0) is 10.6. The Morgan fingerprint density at radius 3 is 2.27 bits per heavy atom. The Labute approximate surface area is 95.0 Å². The van der Waals surface area contributed by atoms with E-state index in [9.17, 15) is 0 Å². The second-order valence-electron chi connectivity index (χ2n) is 5.84. The summed E-state index contributed by atoms with van der Waals surface area (Å²) in [5.41, 5.74) is 0.473. The fourth-order valence-electron chi connectivity index (χ4n) is 3.52. The van der Waals surface area contributed by atoms with Gasteiger partial charge in [0.15, 0.2) is 0 Å². The van der Waals surface area contributed by atoms with Crippen LogP contribution in [0.4, 0.5) is 0 Å². The highest BCUT2D eigenvalue weighted by Crippen LogP contribution is 2.35. The van der Waals surface area contributed by atoms with E-state index in [1.54, 1.807) is 0 Å². The van der Waals surface area contributed by atoms with Gasteiger partial charge in [-0.3, -0.25) is 0 Å². The molecule has 1 heterocycles. The minimum Gasteiger partial charge on any atom is -0.311 e. The molecule has 1 saturated heterocycles. The fraction of sp³-hybridized carbons (Fsp3) is 1.00. The normalized spacial score (nSPS) is 35.8. The quantitative estimate of drug-likeness (QED) is 0.646. The standard InChI is InChI=1S/C14H27N/c1-14(11-7-4-8-12-15-14)13-9-5-2-3-6-10-13/h13,15H,2-12H2,1H3. The van der Waals surface area contributed by atoms with Crippen LogP contribution in [0, 0.1) is 5.92 Å². The van der Waals surface area contributed by atoms with Gasteiger partial charge in [0.2, 0.25) is 0 Å². The Morgan fingerprint density at radius 1 is 0.867 bits per heavy atom. The SMILES string of the molecule is CC1(C2CCCCCC2)CCCCCN1. The number of hydrogen-bond acceptors (Lipinski definition) is 1. The van der Waals surface area contributed by atoms with E-state index in [-0.39, 0.29) is 0 Å². The average Bonchev–Trinajstić information content (AvgIpc) is 2.60. The first-order valence-corrected chi connectivity index (χ1v) is 7.06. The monoisotopic (exact) mass is 209 g/mol. The topological polar surface area (TPSA) is 12.0 Å². The lowest BCUT2D eigenvalue weighted by Gasteiger charge is -2.38. The summed E-state index contributed by atoms with van der Waals surface area (Å²) in [6, 6.07) is 0. The predicted octanol–water partition coefficient (Wildman–Crippen LogP) is 3.88. The Hall–Kier alpha value is -0.0400. The Kier molecular flexibility index (Phi) is 4.07. The summed E-state index contributed by atoms with van der Waals surface area (Å²) in [5.74, 6) is 0.957. The van der Waals surface area contributed by atoms with Gasteiger partial charge >= 0.3 is 0 Å². The van der Waals surface area contributed by atoms with E-state index in [0.717, 1.165) is 5.92 Å². The Bertz CT molecular complexity index is 172. The molecule has 1 saturated carbocycles. The molecule has 1 unspecified atom stereocenters. The number of rotatable bonds is 1. The van der Waals surface area contributed by atoms with E-state index in [2.05, 4.69) is 12.2 Å². The summed E-state index contributed by atoms with van der Waals surface area (Å²) in [4.78, 5) is 0. The molecule has 0 radical (unpaired) electrons. The van der Waals surface area contributed by atoms with Crippen molar-refractivity contribution in [1.82, 2.24) is 5.32 Å². The zero-order valence-electron chi connectivity index (χ0n) is 10.4. The molecule has 0 aromatic carbocycles. The van der Waals surface area contributed by atoms with E-state index in [1.807, 2.05) is 0 Å². The van der Waals surface area contributed by atoms with E-state index >= 15 is 0 Å². The molecule has 1 N–H and O–H groups in total. The molecule has 2 rings (SSSR count). The van der Waals surface area contributed by atoms with E-state index < -0.39 is 0 Å². The third kappa shape index (κ3) is 2.96. The molecule has 1 aliphatic carbocycles. The first-order chi connectivity index (χ1) is 7.31. The van der Waals surface area contributed by atoms with Crippen molar-refractivity contribution in [2.75, 3.05) is 6.54 Å². The third-order valence-electron chi connectivity index (χ3n) is 4.66. The van der Waals surface area contributed by atoms with Crippen LogP contribution in [0.25, 0.3) is 0 Å². The van der Waals surface area contributed by atoms with E-state index in [4.69, 9.17) is 0 Å². The van der Waals surface area contributed by atoms with Gasteiger partial charge in [-0.15, -0.1) is 0 Å². The van der Waals surface area contributed by atoms with Crippen molar-refractivity contribution in [2.24, 2.45) is 5.92 Å². The number of nitrogens with one attached hydrogen (secondary N) is 1. The van der Waals surface area contributed by atoms with Gasteiger partial charge in [-0.2, -0.15) is 0 Å². The van der Waals surface area contributed by atoms with Crippen molar-refractivity contribution < 1.29 is 0 Å². The largest absolute Gasteiger partial charge is 0.311 e. The first kappa shape index (κ1) is 11.4. The van der Waals surface area contributed by atoms with Crippen LogP contribution in [0.15, 0.2) is 0 Å². The van der Waals surface area contributed by atoms with Gasteiger partial charge in [-0.25, -0.2) is 0 Å². The lowest BCUT2D eigenvalue weighted by Crippen LogP contribution is -2.48. The van der Waals surface area contributed by atoms with Gasteiger partial charge in [0.05, 0.1) is 0 Å². The maximum Gasteiger partial charge on any atom is 0.0181 e. The summed E-state index contributed by atoms with van der Waals surface area (Å²) < 4.78 is 0. The minimum atomic E-state index is 0.473. The Balaban J connectivity index is 1.97. The molecule has 2 fully saturated rings. The van der Waals surface area contributed by atoms with Gasteiger partial charge in [0, 0.05) is 5.54 Å². The van der Waals surface area contributed by atoms with Crippen LogP contribution in [-0.4, -0.2) is 12.1 Å². The molecule has 0 amide bonds. The summed E-state index contributed by atoms with van der Waals surface area (Å²) in [6.45, 7) is 3.75. The van der Waals surface area contributed by atoms with E-state index in [0.29, 0.717) is 5.54 Å². The van der Waals surface area contributed by atoms with Gasteiger partial charge in [-0.05, 0) is 45.1 Å². The maximum atomic E-state index is 3.86. The van der Waals surface area contributed by atoms with Crippen LogP contribution in [0.3, 0.4) is 0 Å². The van der Waals surface area contributed by atoms with Crippen molar-refractivity contribution in [1.29, 1.82) is 0 Å². The van der Waals surface area contributed by atoms with Crippen molar-refractivity contribution in [2.45, 2.75) is 76.7 Å². The molecule has 1 atom stereocenters. The minimum absolute atomic E-state index is 0.473. The van der Waals surface area contributed by atoms with Crippen LogP contribution in [0.2, 0.25) is 0 Å². The summed E-state index contributed by atoms with van der Waals surface area (Å²) in [5, 5.41) is 3.86. The third-order valence-corrected chi connectivity index (χ3v) is 4.66. The molecule has 1 aliphatic heterocycles. The van der Waals surface area contributed by atoms with Crippen LogP contribution in [-0.2, 0) is 0 Å². The maximum absolute atomic E-state index is 3.86. The second kappa shape index (κ2) is 5.34. The fourth-order valence-corrected chi connectivity index (χ4v) is 3.52. The Morgan fingerprint density at radius 2 is 1.53 bits per heavy atom. The molecular formula is C14H27N. The van der Waals surface area contributed by atoms with Crippen LogP contribution >= 0.6 is 0 Å². The highest BCUT2D eigenvalue weighted by molar-refractivity contribution is 4.92. The number of hydrogen-bond donors (Lipinski definition) is 1. The molecule has 0 bridgehead atoms. The van der Waals surface area contributed by atoms with Crippen molar-refractivity contribution in [3.05, 3.63) is 0 Å². The predicted molar refractivity (Wildman–Crippen MR) is 66.1 cm³/mol. The molecule has 2 aliphatic rings. The van der Waals surface area contributed by atoms with Gasteiger partial charge in [0.25, 0.3) is 0 Å².